The topological polar surface area (TPSA) is 54.9 Å². The number of carbonyl (C=O) groups excluding carboxylic acids is 1. The van der Waals surface area contributed by atoms with Crippen molar-refractivity contribution in [2.75, 3.05) is 0 Å². The monoisotopic (exact) mass is 399 g/mol. The van der Waals surface area contributed by atoms with Gasteiger partial charge in [0.2, 0.25) is 5.91 Å². The Morgan fingerprint density at radius 1 is 0.897 bits per heavy atom. The molecule has 5 heteroatoms. The van der Waals surface area contributed by atoms with Gasteiger partial charge in [0.15, 0.2) is 0 Å². The number of rotatable bonds is 5. The van der Waals surface area contributed by atoms with E-state index < -0.39 is 0 Å². The highest BCUT2D eigenvalue weighted by Crippen LogP contribution is 2.24. The van der Waals surface area contributed by atoms with Crippen molar-refractivity contribution in [3.63, 3.8) is 0 Å². The van der Waals surface area contributed by atoms with Gasteiger partial charge in [0.05, 0.1) is 29.0 Å². The van der Waals surface area contributed by atoms with E-state index in [2.05, 4.69) is 15.3 Å². The Bertz CT molecular complexity index is 1170. The maximum Gasteiger partial charge on any atom is 0.244 e. The first-order valence-electron chi connectivity index (χ1n) is 9.20. The van der Waals surface area contributed by atoms with Crippen molar-refractivity contribution in [3.8, 4) is 0 Å². The van der Waals surface area contributed by atoms with Gasteiger partial charge >= 0.3 is 0 Å². The van der Waals surface area contributed by atoms with Gasteiger partial charge in [-0.3, -0.25) is 9.78 Å². The maximum absolute atomic E-state index is 12.6. The zero-order valence-electron chi connectivity index (χ0n) is 15.5. The van der Waals surface area contributed by atoms with Crippen LogP contribution in [-0.4, -0.2) is 15.9 Å². The van der Waals surface area contributed by atoms with Crippen molar-refractivity contribution in [1.82, 2.24) is 15.3 Å². The summed E-state index contributed by atoms with van der Waals surface area (Å²) >= 11 is 6.16. The highest BCUT2D eigenvalue weighted by molar-refractivity contribution is 6.30. The van der Waals surface area contributed by atoms with Crippen LogP contribution in [0.1, 0.15) is 22.9 Å². The number of nitrogens with zero attached hydrogens (tertiary/aromatic N) is 2. The van der Waals surface area contributed by atoms with Crippen LogP contribution in [0.25, 0.3) is 17.1 Å². The van der Waals surface area contributed by atoms with Crippen LogP contribution in [0.2, 0.25) is 5.02 Å². The van der Waals surface area contributed by atoms with Gasteiger partial charge < -0.3 is 5.32 Å². The summed E-state index contributed by atoms with van der Waals surface area (Å²) in [5, 5.41) is 3.68. The fourth-order valence-electron chi connectivity index (χ4n) is 3.09. The van der Waals surface area contributed by atoms with Crippen LogP contribution >= 0.6 is 11.6 Å². The van der Waals surface area contributed by atoms with Crippen molar-refractivity contribution in [3.05, 3.63) is 113 Å². The predicted molar refractivity (Wildman–Crippen MR) is 116 cm³/mol. The summed E-state index contributed by atoms with van der Waals surface area (Å²) in [6.07, 6.45) is 4.78. The number of hydrogen-bond acceptors (Lipinski definition) is 3. The molecule has 3 aromatic carbocycles. The normalized spacial score (nSPS) is 12.2. The van der Waals surface area contributed by atoms with Crippen LogP contribution in [-0.2, 0) is 4.79 Å². The number of carbonyl (C=O) groups is 1. The average Bonchev–Trinajstić information content (AvgIpc) is 2.76. The molecule has 1 N–H and O–H groups in total. The Balaban J connectivity index is 1.56. The lowest BCUT2D eigenvalue weighted by Crippen LogP contribution is -2.27. The summed E-state index contributed by atoms with van der Waals surface area (Å²) in [5.74, 6) is -0.228. The molecule has 1 unspecified atom stereocenters. The van der Waals surface area contributed by atoms with E-state index >= 15 is 0 Å². The van der Waals surface area contributed by atoms with Gasteiger partial charge in [-0.25, -0.2) is 4.98 Å². The second kappa shape index (κ2) is 8.67. The fourth-order valence-corrected chi connectivity index (χ4v) is 3.29. The molecule has 0 radical (unpaired) electrons. The van der Waals surface area contributed by atoms with Gasteiger partial charge in [-0.1, -0.05) is 66.2 Å². The molecule has 0 bridgehead atoms. The molecule has 4 nitrogen and oxygen atoms in total. The van der Waals surface area contributed by atoms with E-state index in [1.165, 1.54) is 6.08 Å². The molecule has 142 valence electrons. The lowest BCUT2D eigenvalue weighted by Gasteiger charge is -2.19. The first-order chi connectivity index (χ1) is 14.2. The number of benzene rings is 3. The molecule has 0 spiro atoms. The minimum Gasteiger partial charge on any atom is -0.342 e. The molecule has 0 aliphatic carbocycles. The number of para-hydroxylation sites is 2. The van der Waals surface area contributed by atoms with Crippen LogP contribution in [0.15, 0.2) is 91.1 Å². The van der Waals surface area contributed by atoms with Crippen LogP contribution in [0, 0.1) is 0 Å². The highest BCUT2D eigenvalue weighted by Gasteiger charge is 2.16. The van der Waals surface area contributed by atoms with Crippen molar-refractivity contribution < 1.29 is 4.79 Å². The third-order valence-corrected chi connectivity index (χ3v) is 4.71. The zero-order valence-corrected chi connectivity index (χ0v) is 16.3. The van der Waals surface area contributed by atoms with Crippen molar-refractivity contribution in [2.45, 2.75) is 6.04 Å². The standard InChI is InChI=1S/C24H18ClN3O/c25-19-10-6-9-18(15-19)24(17-7-2-1-3-8-17)28-23(29)14-13-20-16-26-21-11-4-5-12-22(21)27-20/h1-16,24H,(H,28,29)/b14-13+. The molecule has 4 aromatic rings. The lowest BCUT2D eigenvalue weighted by molar-refractivity contribution is -0.116. The zero-order chi connectivity index (χ0) is 20.1. The van der Waals surface area contributed by atoms with Crippen molar-refractivity contribution in [1.29, 1.82) is 0 Å². The maximum atomic E-state index is 12.6. The number of halogens is 1. The second-order valence-corrected chi connectivity index (χ2v) is 6.96. The first kappa shape index (κ1) is 18.8. The third-order valence-electron chi connectivity index (χ3n) is 4.47. The fraction of sp³-hybridized carbons (Fsp3) is 0.0417. The lowest BCUT2D eigenvalue weighted by atomic mass is 9.98. The minimum absolute atomic E-state index is 0.228. The largest absolute Gasteiger partial charge is 0.342 e. The van der Waals surface area contributed by atoms with E-state index in [1.807, 2.05) is 78.9 Å². The predicted octanol–water partition coefficient (Wildman–Crippen LogP) is 5.20. The number of fused-ring (bicyclic) bond motifs is 1. The molecule has 0 saturated carbocycles. The Kier molecular flexibility index (Phi) is 5.63. The van der Waals surface area contributed by atoms with E-state index in [0.29, 0.717) is 10.7 Å². The molecule has 0 aliphatic rings. The van der Waals surface area contributed by atoms with Crippen LogP contribution in [0.3, 0.4) is 0 Å². The smallest absolute Gasteiger partial charge is 0.244 e. The molecule has 1 amide bonds. The minimum atomic E-state index is -0.310. The molecule has 0 aliphatic heterocycles. The van der Waals surface area contributed by atoms with Gasteiger partial charge in [0.25, 0.3) is 0 Å². The molecule has 1 heterocycles. The van der Waals surface area contributed by atoms with E-state index in [9.17, 15) is 4.79 Å². The summed E-state index contributed by atoms with van der Waals surface area (Å²) in [5.41, 5.74) is 4.12. The van der Waals surface area contributed by atoms with E-state index in [-0.39, 0.29) is 11.9 Å². The molecular weight excluding hydrogens is 382 g/mol. The van der Waals surface area contributed by atoms with Crippen LogP contribution in [0.5, 0.6) is 0 Å². The molecule has 29 heavy (non-hydrogen) atoms. The molecular formula is C24H18ClN3O. The van der Waals surface area contributed by atoms with Crippen LogP contribution < -0.4 is 5.32 Å². The third kappa shape index (κ3) is 4.68. The van der Waals surface area contributed by atoms with Gasteiger partial charge in [-0.05, 0) is 41.5 Å². The van der Waals surface area contributed by atoms with Gasteiger partial charge in [-0.15, -0.1) is 0 Å². The number of hydrogen-bond donors (Lipinski definition) is 1. The Morgan fingerprint density at radius 3 is 2.41 bits per heavy atom. The van der Waals surface area contributed by atoms with Gasteiger partial charge in [-0.2, -0.15) is 0 Å². The number of aromatic nitrogens is 2. The summed E-state index contributed by atoms with van der Waals surface area (Å²) in [6, 6.07) is 24.6. The second-order valence-electron chi connectivity index (χ2n) is 6.52. The van der Waals surface area contributed by atoms with Gasteiger partial charge in [0, 0.05) is 11.1 Å². The highest BCUT2D eigenvalue weighted by atomic mass is 35.5. The Morgan fingerprint density at radius 2 is 1.62 bits per heavy atom. The van der Waals surface area contributed by atoms with E-state index in [1.54, 1.807) is 12.3 Å². The van der Waals surface area contributed by atoms with Gasteiger partial charge in [0.1, 0.15) is 0 Å². The van der Waals surface area contributed by atoms with Crippen molar-refractivity contribution in [2.24, 2.45) is 0 Å². The Hall–Kier alpha value is -3.50. The number of nitrogens with one attached hydrogen (secondary N) is 1. The summed E-state index contributed by atoms with van der Waals surface area (Å²) < 4.78 is 0. The summed E-state index contributed by atoms with van der Waals surface area (Å²) in [6.45, 7) is 0. The average molecular weight is 400 g/mol. The number of amides is 1. The van der Waals surface area contributed by atoms with E-state index in [0.717, 1.165) is 22.2 Å². The Labute approximate surface area is 173 Å². The SMILES string of the molecule is O=C(/C=C/c1cnc2ccccc2n1)NC(c1ccccc1)c1cccc(Cl)c1. The van der Waals surface area contributed by atoms with Crippen LogP contribution in [0.4, 0.5) is 0 Å². The summed E-state index contributed by atoms with van der Waals surface area (Å²) in [7, 11) is 0. The quantitative estimate of drug-likeness (QED) is 0.469. The molecule has 0 saturated heterocycles. The van der Waals surface area contributed by atoms with Crippen molar-refractivity contribution >= 4 is 34.6 Å². The summed E-state index contributed by atoms with van der Waals surface area (Å²) in [4.78, 5) is 21.5. The van der Waals surface area contributed by atoms with E-state index in [4.69, 9.17) is 11.6 Å². The molecule has 1 atom stereocenters. The molecule has 4 rings (SSSR count). The molecule has 0 fully saturated rings. The molecule has 1 aromatic heterocycles. The first-order valence-corrected chi connectivity index (χ1v) is 9.57.